The molecule has 0 unspecified atom stereocenters. The summed E-state index contributed by atoms with van der Waals surface area (Å²) in [6.45, 7) is 2.95. The van der Waals surface area contributed by atoms with E-state index in [9.17, 15) is 4.79 Å². The van der Waals surface area contributed by atoms with Crippen molar-refractivity contribution in [3.05, 3.63) is 47.2 Å². The molecule has 24 heavy (non-hydrogen) atoms. The third-order valence-corrected chi connectivity index (χ3v) is 4.07. The van der Waals surface area contributed by atoms with Gasteiger partial charge in [0.2, 0.25) is 5.91 Å². The summed E-state index contributed by atoms with van der Waals surface area (Å²) in [4.78, 5) is 12.4. The van der Waals surface area contributed by atoms with Crippen LogP contribution in [0.2, 0.25) is 0 Å². The normalized spacial score (nSPS) is 16.2. The predicted octanol–water partition coefficient (Wildman–Crippen LogP) is 2.75. The molecule has 0 saturated carbocycles. The van der Waals surface area contributed by atoms with E-state index >= 15 is 0 Å². The second kappa shape index (κ2) is 7.28. The Kier molecular flexibility index (Phi) is 4.92. The van der Waals surface area contributed by atoms with E-state index < -0.39 is 0 Å². The number of aromatic nitrogens is 2. The summed E-state index contributed by atoms with van der Waals surface area (Å²) in [5, 5.41) is 15.9. The molecule has 1 aromatic carbocycles. The van der Waals surface area contributed by atoms with Gasteiger partial charge in [0.1, 0.15) is 5.82 Å². The van der Waals surface area contributed by atoms with E-state index in [1.54, 1.807) is 4.68 Å². The number of fused-ring (bicyclic) bond motifs is 1. The van der Waals surface area contributed by atoms with Crippen LogP contribution >= 0.6 is 0 Å². The van der Waals surface area contributed by atoms with Gasteiger partial charge in [-0.25, -0.2) is 4.68 Å². The monoisotopic (exact) mass is 324 g/mol. The van der Waals surface area contributed by atoms with Gasteiger partial charge < -0.3 is 10.1 Å². The third kappa shape index (κ3) is 3.63. The summed E-state index contributed by atoms with van der Waals surface area (Å²) in [7, 11) is 0. The van der Waals surface area contributed by atoms with Crippen molar-refractivity contribution >= 4 is 11.7 Å². The maximum atomic E-state index is 12.4. The molecule has 0 fully saturated rings. The average molecular weight is 324 g/mol. The second-order valence-corrected chi connectivity index (χ2v) is 5.86. The van der Waals surface area contributed by atoms with Crippen LogP contribution in [-0.2, 0) is 22.5 Å². The Morgan fingerprint density at radius 3 is 3.17 bits per heavy atom. The lowest BCUT2D eigenvalue weighted by Crippen LogP contribution is -2.23. The molecule has 1 aliphatic heterocycles. The Bertz CT molecular complexity index is 776. The van der Waals surface area contributed by atoms with Gasteiger partial charge in [0.15, 0.2) is 0 Å². The number of amides is 1. The topological polar surface area (TPSA) is 79.9 Å². The number of nitriles is 1. The van der Waals surface area contributed by atoms with Crippen LogP contribution in [0.1, 0.15) is 35.8 Å². The Morgan fingerprint density at radius 2 is 2.33 bits per heavy atom. The highest BCUT2D eigenvalue weighted by atomic mass is 16.5. The number of hydrogen-bond acceptors (Lipinski definition) is 4. The molecule has 6 nitrogen and oxygen atoms in total. The van der Waals surface area contributed by atoms with Crippen molar-refractivity contribution in [3.8, 4) is 6.07 Å². The van der Waals surface area contributed by atoms with E-state index in [1.807, 2.05) is 31.2 Å². The van der Waals surface area contributed by atoms with Crippen LogP contribution < -0.4 is 5.32 Å². The Balaban J connectivity index is 1.68. The van der Waals surface area contributed by atoms with Crippen molar-refractivity contribution in [1.82, 2.24) is 9.78 Å². The summed E-state index contributed by atoms with van der Waals surface area (Å²) >= 11 is 0. The standard InChI is InChI=1S/C18H20N4O2/c1-13-11-17(22(21-13)9-4-8-19)20-18(23)12-16-15-6-3-2-5-14(15)7-10-24-16/h2-3,5-6,11,16H,4,7,9-10,12H2,1H3,(H,20,23)/t16-/m0/s1. The molecule has 0 radical (unpaired) electrons. The molecule has 1 aromatic heterocycles. The third-order valence-electron chi connectivity index (χ3n) is 4.07. The molecule has 3 rings (SSSR count). The fraction of sp³-hybridized carbons (Fsp3) is 0.389. The van der Waals surface area contributed by atoms with Crippen molar-refractivity contribution in [3.63, 3.8) is 0 Å². The summed E-state index contributed by atoms with van der Waals surface area (Å²) in [6.07, 6.45) is 1.28. The highest BCUT2D eigenvalue weighted by molar-refractivity contribution is 5.90. The zero-order valence-electron chi connectivity index (χ0n) is 13.7. The van der Waals surface area contributed by atoms with Crippen molar-refractivity contribution in [2.45, 2.75) is 38.8 Å². The smallest absolute Gasteiger partial charge is 0.228 e. The number of anilines is 1. The lowest BCUT2D eigenvalue weighted by Gasteiger charge is -2.25. The number of rotatable bonds is 5. The minimum atomic E-state index is -0.216. The van der Waals surface area contributed by atoms with Crippen LogP contribution in [0, 0.1) is 18.3 Å². The molecule has 2 heterocycles. The lowest BCUT2D eigenvalue weighted by atomic mass is 9.96. The van der Waals surface area contributed by atoms with Gasteiger partial charge in [-0.1, -0.05) is 24.3 Å². The molecule has 1 atom stereocenters. The lowest BCUT2D eigenvalue weighted by molar-refractivity contribution is -0.119. The Labute approximate surface area is 141 Å². The summed E-state index contributed by atoms with van der Waals surface area (Å²) < 4.78 is 7.45. The zero-order chi connectivity index (χ0) is 16.9. The van der Waals surface area contributed by atoms with E-state index in [2.05, 4.69) is 22.6 Å². The number of benzene rings is 1. The van der Waals surface area contributed by atoms with E-state index in [-0.39, 0.29) is 18.4 Å². The SMILES string of the molecule is Cc1cc(NC(=O)C[C@@H]2OCCc3ccccc32)n(CCC#N)n1. The van der Waals surface area contributed by atoms with Gasteiger partial charge in [0.25, 0.3) is 0 Å². The molecular weight excluding hydrogens is 304 g/mol. The Hall–Kier alpha value is -2.65. The average Bonchev–Trinajstić information content (AvgIpc) is 2.92. The maximum absolute atomic E-state index is 12.4. The first-order valence-corrected chi connectivity index (χ1v) is 8.08. The van der Waals surface area contributed by atoms with Crippen molar-refractivity contribution in [2.24, 2.45) is 0 Å². The van der Waals surface area contributed by atoms with E-state index in [0.29, 0.717) is 25.4 Å². The molecule has 6 heteroatoms. The molecule has 1 aliphatic rings. The largest absolute Gasteiger partial charge is 0.373 e. The van der Waals surface area contributed by atoms with Gasteiger partial charge in [0, 0.05) is 6.07 Å². The van der Waals surface area contributed by atoms with E-state index in [0.717, 1.165) is 17.7 Å². The van der Waals surface area contributed by atoms with Crippen molar-refractivity contribution in [2.75, 3.05) is 11.9 Å². The number of carbonyl (C=O) groups is 1. The Morgan fingerprint density at radius 1 is 1.50 bits per heavy atom. The second-order valence-electron chi connectivity index (χ2n) is 5.86. The minimum absolute atomic E-state index is 0.116. The number of nitrogens with one attached hydrogen (secondary N) is 1. The molecule has 0 saturated heterocycles. The van der Waals surface area contributed by atoms with Crippen LogP contribution in [0.5, 0.6) is 0 Å². The molecule has 0 aliphatic carbocycles. The molecule has 1 amide bonds. The number of hydrogen-bond donors (Lipinski definition) is 1. The van der Waals surface area contributed by atoms with Gasteiger partial charge in [-0.2, -0.15) is 10.4 Å². The number of ether oxygens (including phenoxy) is 1. The molecule has 0 bridgehead atoms. The van der Waals surface area contributed by atoms with Crippen LogP contribution in [0.15, 0.2) is 30.3 Å². The molecule has 0 spiro atoms. The van der Waals surface area contributed by atoms with Crippen LogP contribution in [0.3, 0.4) is 0 Å². The summed E-state index contributed by atoms with van der Waals surface area (Å²) in [5.74, 6) is 0.506. The first-order valence-electron chi connectivity index (χ1n) is 8.08. The summed E-state index contributed by atoms with van der Waals surface area (Å²) in [6, 6.07) is 12.0. The first kappa shape index (κ1) is 16.2. The highest BCUT2D eigenvalue weighted by Crippen LogP contribution is 2.29. The van der Waals surface area contributed by atoms with Crippen molar-refractivity contribution < 1.29 is 9.53 Å². The van der Waals surface area contributed by atoms with E-state index in [4.69, 9.17) is 10.00 Å². The molecule has 1 N–H and O–H groups in total. The van der Waals surface area contributed by atoms with Gasteiger partial charge >= 0.3 is 0 Å². The first-order chi connectivity index (χ1) is 11.7. The van der Waals surface area contributed by atoms with Crippen LogP contribution in [-0.4, -0.2) is 22.3 Å². The van der Waals surface area contributed by atoms with Crippen molar-refractivity contribution in [1.29, 1.82) is 5.26 Å². The minimum Gasteiger partial charge on any atom is -0.373 e. The fourth-order valence-electron chi connectivity index (χ4n) is 2.98. The number of nitrogens with zero attached hydrogens (tertiary/aromatic N) is 3. The van der Waals surface area contributed by atoms with Gasteiger partial charge in [-0.15, -0.1) is 0 Å². The van der Waals surface area contributed by atoms with Crippen LogP contribution in [0.25, 0.3) is 0 Å². The quantitative estimate of drug-likeness (QED) is 0.917. The molecule has 2 aromatic rings. The molecular formula is C18H20N4O2. The van der Waals surface area contributed by atoms with Gasteiger partial charge in [-0.05, 0) is 24.5 Å². The zero-order valence-corrected chi connectivity index (χ0v) is 13.7. The van der Waals surface area contributed by atoms with Crippen LogP contribution in [0.4, 0.5) is 5.82 Å². The van der Waals surface area contributed by atoms with E-state index in [1.165, 1.54) is 5.56 Å². The number of aryl methyl sites for hydroxylation is 2. The number of carbonyl (C=O) groups excluding carboxylic acids is 1. The fourth-order valence-corrected chi connectivity index (χ4v) is 2.98. The summed E-state index contributed by atoms with van der Waals surface area (Å²) in [5.41, 5.74) is 3.15. The van der Waals surface area contributed by atoms with Gasteiger partial charge in [-0.3, -0.25) is 4.79 Å². The highest BCUT2D eigenvalue weighted by Gasteiger charge is 2.23. The molecule has 124 valence electrons. The van der Waals surface area contributed by atoms with Gasteiger partial charge in [0.05, 0.1) is 43.9 Å². The maximum Gasteiger partial charge on any atom is 0.228 e. The predicted molar refractivity (Wildman–Crippen MR) is 89.3 cm³/mol.